The van der Waals surface area contributed by atoms with Crippen molar-refractivity contribution >= 4 is 28.7 Å². The van der Waals surface area contributed by atoms with Gasteiger partial charge in [0.2, 0.25) is 0 Å². The Bertz CT molecular complexity index is 643. The SMILES string of the molecule is C[C@@H](c1cccs1)N(C)C(=O)Nc1cccc([N+](=O)[O-])c1. The second kappa shape index (κ2) is 6.36. The fourth-order valence-corrected chi connectivity index (χ4v) is 2.63. The van der Waals surface area contributed by atoms with Gasteiger partial charge in [0.25, 0.3) is 5.69 Å². The second-order valence-electron chi connectivity index (χ2n) is 4.54. The molecule has 21 heavy (non-hydrogen) atoms. The molecule has 0 aliphatic heterocycles. The maximum absolute atomic E-state index is 12.2. The number of carbonyl (C=O) groups excluding carboxylic acids is 1. The zero-order valence-electron chi connectivity index (χ0n) is 11.6. The third-order valence-corrected chi connectivity index (χ3v) is 4.21. The zero-order valence-corrected chi connectivity index (χ0v) is 12.5. The number of carbonyl (C=O) groups is 1. The van der Waals surface area contributed by atoms with Gasteiger partial charge in [-0.1, -0.05) is 12.1 Å². The van der Waals surface area contributed by atoms with E-state index in [0.29, 0.717) is 5.69 Å². The molecule has 1 N–H and O–H groups in total. The molecule has 0 bridgehead atoms. The molecular formula is C14H15N3O3S. The molecule has 1 heterocycles. The van der Waals surface area contributed by atoms with Crippen LogP contribution in [0.3, 0.4) is 0 Å². The molecule has 0 radical (unpaired) electrons. The minimum atomic E-state index is -0.492. The number of urea groups is 1. The predicted molar refractivity (Wildman–Crippen MR) is 82.6 cm³/mol. The molecule has 0 aliphatic rings. The van der Waals surface area contributed by atoms with E-state index in [1.54, 1.807) is 29.4 Å². The van der Waals surface area contributed by atoms with E-state index in [0.717, 1.165) is 4.88 Å². The molecule has 1 aromatic heterocycles. The number of rotatable bonds is 4. The summed E-state index contributed by atoms with van der Waals surface area (Å²) in [4.78, 5) is 25.0. The number of nitrogens with one attached hydrogen (secondary N) is 1. The second-order valence-corrected chi connectivity index (χ2v) is 5.52. The lowest BCUT2D eigenvalue weighted by Crippen LogP contribution is -2.33. The van der Waals surface area contributed by atoms with Crippen LogP contribution in [0.1, 0.15) is 17.8 Å². The van der Waals surface area contributed by atoms with E-state index in [1.807, 2.05) is 24.4 Å². The Balaban J connectivity index is 2.07. The Labute approximate surface area is 126 Å². The maximum atomic E-state index is 12.2. The van der Waals surface area contributed by atoms with Crippen molar-refractivity contribution in [1.29, 1.82) is 0 Å². The monoisotopic (exact) mass is 305 g/mol. The van der Waals surface area contributed by atoms with Gasteiger partial charge >= 0.3 is 6.03 Å². The molecule has 0 saturated carbocycles. The Kier molecular flexibility index (Phi) is 4.54. The van der Waals surface area contributed by atoms with Crippen LogP contribution >= 0.6 is 11.3 Å². The summed E-state index contributed by atoms with van der Waals surface area (Å²) in [6.07, 6.45) is 0. The number of non-ortho nitro benzene ring substituents is 1. The van der Waals surface area contributed by atoms with Gasteiger partial charge in [0.05, 0.1) is 11.0 Å². The standard InChI is InChI=1S/C14H15N3O3S/c1-10(13-7-4-8-21-13)16(2)14(18)15-11-5-3-6-12(9-11)17(19)20/h3-10H,1-2H3,(H,15,18)/t10-/m0/s1. The number of amides is 2. The van der Waals surface area contributed by atoms with E-state index >= 15 is 0 Å². The van der Waals surface area contributed by atoms with Crippen LogP contribution in [0.4, 0.5) is 16.2 Å². The van der Waals surface area contributed by atoms with Crippen molar-refractivity contribution in [3.05, 3.63) is 56.8 Å². The Morgan fingerprint density at radius 2 is 2.14 bits per heavy atom. The summed E-state index contributed by atoms with van der Waals surface area (Å²) >= 11 is 1.58. The lowest BCUT2D eigenvalue weighted by molar-refractivity contribution is -0.384. The van der Waals surface area contributed by atoms with Crippen LogP contribution in [0.5, 0.6) is 0 Å². The summed E-state index contributed by atoms with van der Waals surface area (Å²) in [5.41, 5.74) is 0.348. The van der Waals surface area contributed by atoms with Gasteiger partial charge in [0.1, 0.15) is 0 Å². The highest BCUT2D eigenvalue weighted by molar-refractivity contribution is 7.10. The van der Waals surface area contributed by atoms with E-state index < -0.39 is 4.92 Å². The normalized spacial score (nSPS) is 11.7. The van der Waals surface area contributed by atoms with Crippen molar-refractivity contribution in [2.24, 2.45) is 0 Å². The van der Waals surface area contributed by atoms with Crippen molar-refractivity contribution in [3.63, 3.8) is 0 Å². The molecule has 0 aliphatic carbocycles. The lowest BCUT2D eigenvalue weighted by atomic mass is 10.2. The van der Waals surface area contributed by atoms with Crippen LogP contribution in [-0.4, -0.2) is 22.9 Å². The molecule has 6 nitrogen and oxygen atoms in total. The van der Waals surface area contributed by atoms with Gasteiger partial charge in [-0.05, 0) is 24.4 Å². The molecule has 0 saturated heterocycles. The molecular weight excluding hydrogens is 290 g/mol. The molecule has 2 rings (SSSR count). The Morgan fingerprint density at radius 1 is 1.38 bits per heavy atom. The average molecular weight is 305 g/mol. The van der Waals surface area contributed by atoms with Gasteiger partial charge in [0.15, 0.2) is 0 Å². The molecule has 7 heteroatoms. The number of nitro groups is 1. The first-order chi connectivity index (χ1) is 9.99. The summed E-state index contributed by atoms with van der Waals surface area (Å²) in [6.45, 7) is 1.93. The van der Waals surface area contributed by atoms with Crippen LogP contribution in [0.15, 0.2) is 41.8 Å². The van der Waals surface area contributed by atoms with E-state index in [-0.39, 0.29) is 17.8 Å². The van der Waals surface area contributed by atoms with Gasteiger partial charge in [-0.25, -0.2) is 4.79 Å². The predicted octanol–water partition coefficient (Wildman–Crippen LogP) is 3.88. The Hall–Kier alpha value is -2.41. The summed E-state index contributed by atoms with van der Waals surface area (Å²) in [7, 11) is 1.69. The van der Waals surface area contributed by atoms with Gasteiger partial charge in [0, 0.05) is 29.7 Å². The molecule has 0 fully saturated rings. The topological polar surface area (TPSA) is 75.5 Å². The molecule has 0 unspecified atom stereocenters. The van der Waals surface area contributed by atoms with E-state index in [1.165, 1.54) is 18.2 Å². The van der Waals surface area contributed by atoms with E-state index in [9.17, 15) is 14.9 Å². The number of hydrogen-bond donors (Lipinski definition) is 1. The summed E-state index contributed by atoms with van der Waals surface area (Å²) < 4.78 is 0. The number of nitrogens with zero attached hydrogens (tertiary/aromatic N) is 2. The molecule has 1 aromatic carbocycles. The van der Waals surface area contributed by atoms with Crippen molar-refractivity contribution in [2.75, 3.05) is 12.4 Å². The fourth-order valence-electron chi connectivity index (χ4n) is 1.80. The molecule has 1 atom stereocenters. The first-order valence-electron chi connectivity index (χ1n) is 6.30. The molecule has 2 aromatic rings. The van der Waals surface area contributed by atoms with Gasteiger partial charge in [-0.2, -0.15) is 0 Å². The van der Waals surface area contributed by atoms with Crippen molar-refractivity contribution in [1.82, 2.24) is 4.90 Å². The number of benzene rings is 1. The summed E-state index contributed by atoms with van der Waals surface area (Å²) in [6, 6.07) is 9.40. The van der Waals surface area contributed by atoms with Crippen LogP contribution in [0.2, 0.25) is 0 Å². The quantitative estimate of drug-likeness (QED) is 0.688. The Morgan fingerprint density at radius 3 is 2.76 bits per heavy atom. The summed E-state index contributed by atoms with van der Waals surface area (Å²) in [5.74, 6) is 0. The van der Waals surface area contributed by atoms with E-state index in [4.69, 9.17) is 0 Å². The van der Waals surface area contributed by atoms with Crippen LogP contribution in [-0.2, 0) is 0 Å². The lowest BCUT2D eigenvalue weighted by Gasteiger charge is -2.24. The third kappa shape index (κ3) is 3.57. The minimum absolute atomic E-state index is 0.0539. The highest BCUT2D eigenvalue weighted by atomic mass is 32.1. The van der Waals surface area contributed by atoms with Crippen LogP contribution < -0.4 is 5.32 Å². The third-order valence-electron chi connectivity index (χ3n) is 3.16. The van der Waals surface area contributed by atoms with Gasteiger partial charge in [-0.3, -0.25) is 10.1 Å². The molecule has 0 spiro atoms. The molecule has 110 valence electrons. The van der Waals surface area contributed by atoms with Gasteiger partial charge < -0.3 is 10.2 Å². The first kappa shape index (κ1) is 15.0. The zero-order chi connectivity index (χ0) is 15.4. The largest absolute Gasteiger partial charge is 0.322 e. The molecule has 2 amide bonds. The fraction of sp³-hybridized carbons (Fsp3) is 0.214. The minimum Gasteiger partial charge on any atom is -0.320 e. The van der Waals surface area contributed by atoms with Crippen molar-refractivity contribution < 1.29 is 9.72 Å². The average Bonchev–Trinajstić information content (AvgIpc) is 3.00. The van der Waals surface area contributed by atoms with Crippen LogP contribution in [0, 0.1) is 10.1 Å². The van der Waals surface area contributed by atoms with E-state index in [2.05, 4.69) is 5.32 Å². The number of thiophene rings is 1. The highest BCUT2D eigenvalue weighted by Crippen LogP contribution is 2.24. The number of anilines is 1. The van der Waals surface area contributed by atoms with Crippen LogP contribution in [0.25, 0.3) is 0 Å². The number of hydrogen-bond acceptors (Lipinski definition) is 4. The van der Waals surface area contributed by atoms with Crippen molar-refractivity contribution in [2.45, 2.75) is 13.0 Å². The van der Waals surface area contributed by atoms with Crippen molar-refractivity contribution in [3.8, 4) is 0 Å². The smallest absolute Gasteiger partial charge is 0.320 e. The highest BCUT2D eigenvalue weighted by Gasteiger charge is 2.18. The first-order valence-corrected chi connectivity index (χ1v) is 7.18. The maximum Gasteiger partial charge on any atom is 0.322 e. The summed E-state index contributed by atoms with van der Waals surface area (Å²) in [5, 5.41) is 15.3. The number of nitro benzene ring substituents is 1. The van der Waals surface area contributed by atoms with Gasteiger partial charge in [-0.15, -0.1) is 11.3 Å².